The van der Waals surface area contributed by atoms with Crippen molar-refractivity contribution in [3.63, 3.8) is 0 Å². The van der Waals surface area contributed by atoms with Gasteiger partial charge in [-0.1, -0.05) is 83.7 Å². The van der Waals surface area contributed by atoms with Crippen LogP contribution in [0.2, 0.25) is 0 Å². The molecule has 0 amide bonds. The third-order valence-electron chi connectivity index (χ3n) is 7.64. The summed E-state index contributed by atoms with van der Waals surface area (Å²) in [6, 6.07) is 26.6. The van der Waals surface area contributed by atoms with Crippen molar-refractivity contribution in [3.05, 3.63) is 94.6 Å². The first-order valence-electron chi connectivity index (χ1n) is 12.1. The van der Waals surface area contributed by atoms with E-state index in [4.69, 9.17) is 0 Å². The minimum atomic E-state index is 0.356. The second kappa shape index (κ2) is 8.53. The number of H-pyrrole nitrogens is 1. The molecule has 3 heteroatoms. The third kappa shape index (κ3) is 3.54. The fraction of sp³-hybridized carbons (Fsp3) is 0.267. The molecule has 1 saturated carbocycles. The Balaban J connectivity index is 1.68. The zero-order chi connectivity index (χ0) is 22.4. The Bertz CT molecular complexity index is 1420. The zero-order valence-electron chi connectivity index (χ0n) is 19.0. The average molecular weight is 497 g/mol. The number of halogens is 1. The molecule has 0 aliphatic heterocycles. The van der Waals surface area contributed by atoms with Crippen molar-refractivity contribution in [1.82, 2.24) is 9.55 Å². The molecule has 1 unspecified atom stereocenters. The van der Waals surface area contributed by atoms with Crippen LogP contribution in [0.4, 0.5) is 0 Å². The zero-order valence-corrected chi connectivity index (χ0v) is 20.6. The first-order valence-corrected chi connectivity index (χ1v) is 12.9. The number of para-hydroxylation sites is 1. The highest BCUT2D eigenvalue weighted by molar-refractivity contribution is 9.10. The van der Waals surface area contributed by atoms with E-state index in [1.807, 2.05) is 0 Å². The van der Waals surface area contributed by atoms with E-state index >= 15 is 0 Å². The van der Waals surface area contributed by atoms with Crippen molar-refractivity contribution in [1.29, 1.82) is 0 Å². The van der Waals surface area contributed by atoms with Crippen molar-refractivity contribution >= 4 is 37.7 Å². The first kappa shape index (κ1) is 20.8. The van der Waals surface area contributed by atoms with Crippen LogP contribution in [0.25, 0.3) is 33.1 Å². The molecule has 1 aliphatic rings. The number of nitrogens with one attached hydrogen (secondary N) is 1. The van der Waals surface area contributed by atoms with Gasteiger partial charge in [-0.2, -0.15) is 0 Å². The third-order valence-corrected chi connectivity index (χ3v) is 8.13. The number of benzene rings is 3. The van der Waals surface area contributed by atoms with Gasteiger partial charge in [-0.15, -0.1) is 0 Å². The predicted molar refractivity (Wildman–Crippen MR) is 143 cm³/mol. The van der Waals surface area contributed by atoms with Gasteiger partial charge in [0.15, 0.2) is 0 Å². The maximum absolute atomic E-state index is 3.73. The van der Waals surface area contributed by atoms with Crippen LogP contribution in [0.3, 0.4) is 0 Å². The minimum Gasteiger partial charge on any atom is -0.361 e. The highest BCUT2D eigenvalue weighted by Crippen LogP contribution is 2.49. The maximum atomic E-state index is 3.73. The Morgan fingerprint density at radius 2 is 1.64 bits per heavy atom. The summed E-state index contributed by atoms with van der Waals surface area (Å²) in [4.78, 5) is 3.59. The van der Waals surface area contributed by atoms with Crippen molar-refractivity contribution < 1.29 is 0 Å². The Labute approximate surface area is 203 Å². The highest BCUT2D eigenvalue weighted by Gasteiger charge is 2.33. The van der Waals surface area contributed by atoms with Crippen LogP contribution < -0.4 is 0 Å². The minimum absolute atomic E-state index is 0.356. The molecule has 1 atom stereocenters. The molecule has 0 spiro atoms. The molecule has 5 aromatic rings. The number of hydrogen-bond donors (Lipinski definition) is 1. The molecule has 166 valence electrons. The molecule has 0 radical (unpaired) electrons. The molecule has 33 heavy (non-hydrogen) atoms. The van der Waals surface area contributed by atoms with Crippen LogP contribution in [-0.4, -0.2) is 9.55 Å². The normalized spacial score (nSPS) is 15.9. The molecule has 1 aliphatic carbocycles. The highest BCUT2D eigenvalue weighted by atomic mass is 79.9. The van der Waals surface area contributed by atoms with Crippen LogP contribution >= 0.6 is 15.9 Å². The quantitative estimate of drug-likeness (QED) is 0.256. The standard InChI is InChI=1S/C30H29BrN2/c1-33-27-15-9-8-14-23(27)29(30(33)21-12-6-3-7-13-21)28(20-10-4-2-5-11-20)25-19-32-26-17-16-22(31)18-24(25)26/h3,6-9,12-20,28,32H,2,4-5,10-11H2,1H3. The Morgan fingerprint density at radius 3 is 2.45 bits per heavy atom. The summed E-state index contributed by atoms with van der Waals surface area (Å²) in [5.74, 6) is 1.000. The summed E-state index contributed by atoms with van der Waals surface area (Å²) in [7, 11) is 2.23. The fourth-order valence-electron chi connectivity index (χ4n) is 6.17. The van der Waals surface area contributed by atoms with Gasteiger partial charge in [0.05, 0.1) is 5.69 Å². The van der Waals surface area contributed by atoms with Gasteiger partial charge in [-0.25, -0.2) is 0 Å². The molecule has 0 saturated heterocycles. The van der Waals surface area contributed by atoms with Crippen LogP contribution in [0.1, 0.15) is 49.1 Å². The Morgan fingerprint density at radius 1 is 0.879 bits per heavy atom. The van der Waals surface area contributed by atoms with Crippen molar-refractivity contribution in [2.24, 2.45) is 13.0 Å². The number of rotatable bonds is 4. The van der Waals surface area contributed by atoms with E-state index in [0.717, 1.165) is 4.47 Å². The van der Waals surface area contributed by atoms with Crippen molar-refractivity contribution in [3.8, 4) is 11.3 Å². The average Bonchev–Trinajstić information content (AvgIpc) is 3.40. The van der Waals surface area contributed by atoms with Gasteiger partial charge in [0.1, 0.15) is 0 Å². The molecule has 2 heterocycles. The van der Waals surface area contributed by atoms with E-state index < -0.39 is 0 Å². The van der Waals surface area contributed by atoms with Crippen LogP contribution in [-0.2, 0) is 7.05 Å². The Hall–Kier alpha value is -2.78. The van der Waals surface area contributed by atoms with E-state index in [1.54, 1.807) is 0 Å². The molecule has 3 aromatic carbocycles. The lowest BCUT2D eigenvalue weighted by Gasteiger charge is -2.31. The van der Waals surface area contributed by atoms with E-state index in [0.29, 0.717) is 11.8 Å². The number of nitrogens with zero attached hydrogens (tertiary/aromatic N) is 1. The fourth-order valence-corrected chi connectivity index (χ4v) is 6.53. The van der Waals surface area contributed by atoms with Gasteiger partial charge in [0, 0.05) is 45.4 Å². The van der Waals surface area contributed by atoms with Crippen LogP contribution in [0, 0.1) is 5.92 Å². The molecule has 1 fully saturated rings. The summed E-state index contributed by atoms with van der Waals surface area (Å²) in [6.07, 6.45) is 8.90. The number of hydrogen-bond acceptors (Lipinski definition) is 0. The van der Waals surface area contributed by atoms with E-state index in [1.165, 1.54) is 76.3 Å². The topological polar surface area (TPSA) is 20.7 Å². The van der Waals surface area contributed by atoms with Gasteiger partial charge in [0.2, 0.25) is 0 Å². The number of aromatic amines is 1. The lowest BCUT2D eigenvalue weighted by atomic mass is 9.72. The Kier molecular flexibility index (Phi) is 5.38. The van der Waals surface area contributed by atoms with Gasteiger partial charge < -0.3 is 9.55 Å². The second-order valence-electron chi connectivity index (χ2n) is 9.51. The van der Waals surface area contributed by atoms with Crippen molar-refractivity contribution in [2.75, 3.05) is 0 Å². The SMILES string of the molecule is Cn1c(-c2ccccc2)c(C(c2c[nH]c3ccc(Br)cc23)C2CCCCC2)c2ccccc21. The largest absolute Gasteiger partial charge is 0.361 e. The van der Waals surface area contributed by atoms with Gasteiger partial charge in [-0.05, 0) is 59.7 Å². The summed E-state index contributed by atoms with van der Waals surface area (Å²) in [5, 5.41) is 2.73. The predicted octanol–water partition coefficient (Wildman–Crippen LogP) is 8.80. The van der Waals surface area contributed by atoms with E-state index in [9.17, 15) is 0 Å². The molecule has 2 aromatic heterocycles. The van der Waals surface area contributed by atoms with Crippen LogP contribution in [0.5, 0.6) is 0 Å². The van der Waals surface area contributed by atoms with Gasteiger partial charge in [-0.3, -0.25) is 0 Å². The smallest absolute Gasteiger partial charge is 0.0527 e. The van der Waals surface area contributed by atoms with Crippen molar-refractivity contribution in [2.45, 2.75) is 38.0 Å². The van der Waals surface area contributed by atoms with Crippen LogP contribution in [0.15, 0.2) is 83.5 Å². The molecule has 2 nitrogen and oxygen atoms in total. The number of aromatic nitrogens is 2. The molecule has 0 bridgehead atoms. The second-order valence-corrected chi connectivity index (χ2v) is 10.4. The molecular weight excluding hydrogens is 468 g/mol. The molecule has 1 N–H and O–H groups in total. The number of fused-ring (bicyclic) bond motifs is 2. The summed E-state index contributed by atoms with van der Waals surface area (Å²) in [5.41, 5.74) is 8.12. The molecule has 6 rings (SSSR count). The van der Waals surface area contributed by atoms with E-state index in [-0.39, 0.29) is 0 Å². The summed E-state index contributed by atoms with van der Waals surface area (Å²) in [6.45, 7) is 0. The summed E-state index contributed by atoms with van der Waals surface area (Å²) >= 11 is 3.73. The van der Waals surface area contributed by atoms with Gasteiger partial charge >= 0.3 is 0 Å². The lowest BCUT2D eigenvalue weighted by Crippen LogP contribution is -2.18. The molecular formula is C30H29BrN2. The maximum Gasteiger partial charge on any atom is 0.0527 e. The van der Waals surface area contributed by atoms with E-state index in [2.05, 4.69) is 112 Å². The number of aryl methyl sites for hydroxylation is 1. The first-order chi connectivity index (χ1) is 16.2. The monoisotopic (exact) mass is 496 g/mol. The lowest BCUT2D eigenvalue weighted by molar-refractivity contribution is 0.329. The van der Waals surface area contributed by atoms with Gasteiger partial charge in [0.25, 0.3) is 0 Å². The summed E-state index contributed by atoms with van der Waals surface area (Å²) < 4.78 is 3.56.